The summed E-state index contributed by atoms with van der Waals surface area (Å²) >= 11 is 0. The van der Waals surface area contributed by atoms with E-state index in [2.05, 4.69) is 0 Å². The van der Waals surface area contributed by atoms with Crippen molar-refractivity contribution in [2.75, 3.05) is 21.3 Å². The van der Waals surface area contributed by atoms with E-state index in [9.17, 15) is 0 Å². The molecule has 0 aliphatic carbocycles. The van der Waals surface area contributed by atoms with Crippen LogP contribution in [0.5, 0.6) is 0 Å². The molecule has 0 aromatic heterocycles. The minimum Gasteiger partial charge on any atom is -0.379 e. The molecule has 0 N–H and O–H groups in total. The van der Waals surface area contributed by atoms with Gasteiger partial charge in [0.25, 0.3) is 0 Å². The van der Waals surface area contributed by atoms with Crippen molar-refractivity contribution in [3.05, 3.63) is 0 Å². The molecule has 0 radical (unpaired) electrons. The zero-order valence-electron chi connectivity index (χ0n) is 5.12. The van der Waals surface area contributed by atoms with Crippen molar-refractivity contribution in [3.63, 3.8) is 0 Å². The summed E-state index contributed by atoms with van der Waals surface area (Å²) in [5.74, 6) is 0. The molecular formula is C3H10O3PtSi. The molecule has 0 rings (SSSR count). The van der Waals surface area contributed by atoms with Crippen molar-refractivity contribution < 1.29 is 34.3 Å². The predicted molar refractivity (Wildman–Crippen MR) is 28.2 cm³/mol. The van der Waals surface area contributed by atoms with Gasteiger partial charge in [0.15, 0.2) is 0 Å². The van der Waals surface area contributed by atoms with Crippen LogP contribution in [0, 0.1) is 0 Å². The van der Waals surface area contributed by atoms with E-state index in [4.69, 9.17) is 13.3 Å². The van der Waals surface area contributed by atoms with Crippen LogP contribution in [-0.2, 0) is 34.3 Å². The average molecular weight is 317 g/mol. The minimum atomic E-state index is -1.67. The Morgan fingerprint density at radius 3 is 1.12 bits per heavy atom. The van der Waals surface area contributed by atoms with Crippen molar-refractivity contribution in [1.82, 2.24) is 0 Å². The summed E-state index contributed by atoms with van der Waals surface area (Å²) in [5.41, 5.74) is 0. The van der Waals surface area contributed by atoms with Crippen LogP contribution in [0.3, 0.4) is 0 Å². The van der Waals surface area contributed by atoms with E-state index in [0.717, 1.165) is 0 Å². The Balaban J connectivity index is 0. The van der Waals surface area contributed by atoms with Gasteiger partial charge in [0.05, 0.1) is 0 Å². The summed E-state index contributed by atoms with van der Waals surface area (Å²) in [7, 11) is 3.05. The topological polar surface area (TPSA) is 27.7 Å². The number of hydrogen-bond acceptors (Lipinski definition) is 3. The first-order chi connectivity index (χ1) is 3.35. The van der Waals surface area contributed by atoms with E-state index in [0.29, 0.717) is 0 Å². The molecule has 0 aliphatic rings. The van der Waals surface area contributed by atoms with Gasteiger partial charge in [-0.25, -0.2) is 0 Å². The van der Waals surface area contributed by atoms with Gasteiger partial charge in [0, 0.05) is 42.4 Å². The van der Waals surface area contributed by atoms with Gasteiger partial charge < -0.3 is 13.3 Å². The quantitative estimate of drug-likeness (QED) is 0.666. The molecule has 3 nitrogen and oxygen atoms in total. The molecule has 0 aliphatic heterocycles. The number of hydrogen-bond donors (Lipinski definition) is 0. The maximum atomic E-state index is 4.74. The summed E-state index contributed by atoms with van der Waals surface area (Å²) in [6, 6.07) is 0. The minimum absolute atomic E-state index is 0. The molecule has 8 heavy (non-hydrogen) atoms. The Morgan fingerprint density at radius 1 is 0.875 bits per heavy atom. The Hall–Kier alpha value is 0.785. The predicted octanol–water partition coefficient (Wildman–Crippen LogP) is -0.360. The fourth-order valence-corrected chi connectivity index (χ4v) is 0.866. The van der Waals surface area contributed by atoms with E-state index < -0.39 is 9.53 Å². The fourth-order valence-electron chi connectivity index (χ4n) is 0.289. The number of rotatable bonds is 3. The second-order valence-corrected chi connectivity index (χ2v) is 2.99. The van der Waals surface area contributed by atoms with Crippen LogP contribution in [0.4, 0.5) is 0 Å². The van der Waals surface area contributed by atoms with Gasteiger partial charge >= 0.3 is 9.53 Å². The van der Waals surface area contributed by atoms with Crippen molar-refractivity contribution in [2.45, 2.75) is 0 Å². The Bertz CT molecular complexity index is 36.0. The third-order valence-corrected chi connectivity index (χ3v) is 1.73. The van der Waals surface area contributed by atoms with Crippen LogP contribution >= 0.6 is 0 Å². The molecule has 54 valence electrons. The average Bonchev–Trinajstić information content (AvgIpc) is 1.72. The monoisotopic (exact) mass is 317 g/mol. The van der Waals surface area contributed by atoms with Crippen molar-refractivity contribution in [3.8, 4) is 0 Å². The SMILES string of the molecule is CO[SiH](OC)OC.[Pt]. The first-order valence-electron chi connectivity index (χ1n) is 1.93. The molecule has 5 heteroatoms. The Kier molecular flexibility index (Phi) is 11.3. The first-order valence-corrected chi connectivity index (χ1v) is 3.35. The molecule has 0 amide bonds. The maximum Gasteiger partial charge on any atom is 0.483 e. The molecule has 0 saturated carbocycles. The fraction of sp³-hybridized carbons (Fsp3) is 1.00. The first kappa shape index (κ1) is 11.6. The van der Waals surface area contributed by atoms with Crippen LogP contribution in [0.15, 0.2) is 0 Å². The molecule has 0 heterocycles. The van der Waals surface area contributed by atoms with Crippen LogP contribution in [-0.4, -0.2) is 30.9 Å². The smallest absolute Gasteiger partial charge is 0.379 e. The summed E-state index contributed by atoms with van der Waals surface area (Å²) in [6.07, 6.45) is 0. The summed E-state index contributed by atoms with van der Waals surface area (Å²) in [5, 5.41) is 0. The van der Waals surface area contributed by atoms with Crippen LogP contribution in [0.25, 0.3) is 0 Å². The third-order valence-electron chi connectivity index (χ3n) is 0.577. The Morgan fingerprint density at radius 2 is 1.12 bits per heavy atom. The third kappa shape index (κ3) is 4.93. The zero-order valence-corrected chi connectivity index (χ0v) is 8.55. The molecule has 0 aromatic carbocycles. The Labute approximate surface area is 65.5 Å². The van der Waals surface area contributed by atoms with E-state index in [1.165, 1.54) is 0 Å². The van der Waals surface area contributed by atoms with Gasteiger partial charge in [-0.05, 0) is 0 Å². The van der Waals surface area contributed by atoms with Crippen molar-refractivity contribution >= 4 is 9.53 Å². The van der Waals surface area contributed by atoms with Crippen LogP contribution in [0.1, 0.15) is 0 Å². The van der Waals surface area contributed by atoms with Gasteiger partial charge in [0.1, 0.15) is 0 Å². The van der Waals surface area contributed by atoms with Gasteiger partial charge in [-0.15, -0.1) is 0 Å². The molecule has 0 bridgehead atoms. The molecular weight excluding hydrogens is 307 g/mol. The van der Waals surface area contributed by atoms with Gasteiger partial charge in [-0.3, -0.25) is 0 Å². The summed E-state index contributed by atoms with van der Waals surface area (Å²) in [4.78, 5) is 0. The summed E-state index contributed by atoms with van der Waals surface area (Å²) in [6.45, 7) is 0. The molecule has 0 unspecified atom stereocenters. The molecule has 0 spiro atoms. The standard InChI is InChI=1S/C3H10O3Si.Pt/c1-4-7(5-2)6-3;/h7H,1-3H3;. The van der Waals surface area contributed by atoms with Crippen molar-refractivity contribution in [1.29, 1.82) is 0 Å². The van der Waals surface area contributed by atoms with Crippen molar-refractivity contribution in [2.24, 2.45) is 0 Å². The second-order valence-electron chi connectivity index (χ2n) is 0.996. The zero-order chi connectivity index (χ0) is 5.70. The molecule has 0 fully saturated rings. The van der Waals surface area contributed by atoms with E-state index in [1.54, 1.807) is 21.3 Å². The molecule has 0 aromatic rings. The molecule has 0 atom stereocenters. The maximum absolute atomic E-state index is 4.74. The second kappa shape index (κ2) is 7.79. The van der Waals surface area contributed by atoms with E-state index in [-0.39, 0.29) is 21.1 Å². The normalized spacial score (nSPS) is 9.00. The van der Waals surface area contributed by atoms with E-state index >= 15 is 0 Å². The summed E-state index contributed by atoms with van der Waals surface area (Å²) < 4.78 is 14.2. The van der Waals surface area contributed by atoms with Crippen LogP contribution < -0.4 is 0 Å². The van der Waals surface area contributed by atoms with E-state index in [1.807, 2.05) is 0 Å². The molecule has 0 saturated heterocycles. The van der Waals surface area contributed by atoms with Crippen LogP contribution in [0.2, 0.25) is 0 Å². The van der Waals surface area contributed by atoms with Gasteiger partial charge in [-0.2, -0.15) is 0 Å². The van der Waals surface area contributed by atoms with Gasteiger partial charge in [-0.1, -0.05) is 0 Å². The van der Waals surface area contributed by atoms with Gasteiger partial charge in [0.2, 0.25) is 0 Å². The largest absolute Gasteiger partial charge is 0.483 e.